The van der Waals surface area contributed by atoms with Crippen LogP contribution in [-0.2, 0) is 0 Å². The third-order valence-corrected chi connectivity index (χ3v) is 3.36. The van der Waals surface area contributed by atoms with Crippen LogP contribution in [0.1, 0.15) is 19.3 Å². The van der Waals surface area contributed by atoms with Crippen molar-refractivity contribution in [1.82, 2.24) is 4.90 Å². The molecule has 0 amide bonds. The Morgan fingerprint density at radius 3 is 2.63 bits per heavy atom. The van der Waals surface area contributed by atoms with Gasteiger partial charge >= 0.3 is 7.12 Å². The number of hydrogen-bond donors (Lipinski definition) is 2. The van der Waals surface area contributed by atoms with E-state index in [0.717, 1.165) is 25.7 Å². The fourth-order valence-corrected chi connectivity index (χ4v) is 2.32. The second-order valence-corrected chi connectivity index (χ2v) is 4.81. The molecule has 0 bridgehead atoms. The second kappa shape index (κ2) is 6.89. The van der Waals surface area contributed by atoms with Crippen molar-refractivity contribution in [1.29, 1.82) is 0 Å². The largest absolute Gasteiger partial charge is 0.493 e. The standard InChI is InChI=1S/C13H19BFNO3/c15-11-4-5-13(12(10-11)14(17)18)19-9-8-16-6-2-1-3-7-16/h4-5,10,17-18H,1-3,6-9H2. The highest BCUT2D eigenvalue weighted by Gasteiger charge is 2.18. The maximum atomic E-state index is 13.0. The number of benzene rings is 1. The van der Waals surface area contributed by atoms with Crippen LogP contribution in [0.3, 0.4) is 0 Å². The van der Waals surface area contributed by atoms with Gasteiger partial charge in [0.05, 0.1) is 0 Å². The van der Waals surface area contributed by atoms with Crippen LogP contribution in [0.5, 0.6) is 5.75 Å². The Morgan fingerprint density at radius 1 is 1.21 bits per heavy atom. The molecular formula is C13H19BFNO3. The average Bonchev–Trinajstić information content (AvgIpc) is 2.41. The fraction of sp³-hybridized carbons (Fsp3) is 0.538. The molecule has 1 aromatic carbocycles. The Bertz CT molecular complexity index is 411. The summed E-state index contributed by atoms with van der Waals surface area (Å²) in [4.78, 5) is 2.32. The van der Waals surface area contributed by atoms with Crippen molar-refractivity contribution < 1.29 is 19.2 Å². The summed E-state index contributed by atoms with van der Waals surface area (Å²) in [5, 5.41) is 18.4. The van der Waals surface area contributed by atoms with Crippen LogP contribution >= 0.6 is 0 Å². The van der Waals surface area contributed by atoms with Gasteiger partial charge < -0.3 is 14.8 Å². The van der Waals surface area contributed by atoms with Crippen LogP contribution in [0.15, 0.2) is 18.2 Å². The summed E-state index contributed by atoms with van der Waals surface area (Å²) in [6.45, 7) is 3.44. The summed E-state index contributed by atoms with van der Waals surface area (Å²) in [5.74, 6) is -0.181. The molecule has 1 fully saturated rings. The van der Waals surface area contributed by atoms with Crippen LogP contribution in [0.2, 0.25) is 0 Å². The Labute approximate surface area is 113 Å². The molecule has 0 atom stereocenters. The molecule has 0 saturated carbocycles. The first-order valence-corrected chi connectivity index (χ1v) is 6.67. The van der Waals surface area contributed by atoms with Crippen LogP contribution in [-0.4, -0.2) is 48.3 Å². The summed E-state index contributed by atoms with van der Waals surface area (Å²) in [6, 6.07) is 3.77. The molecule has 2 N–H and O–H groups in total. The number of ether oxygens (including phenoxy) is 1. The molecule has 0 spiro atoms. The lowest BCUT2D eigenvalue weighted by Gasteiger charge is -2.26. The molecule has 1 aromatic rings. The molecule has 1 heterocycles. The average molecular weight is 267 g/mol. The molecule has 4 nitrogen and oxygen atoms in total. The molecule has 6 heteroatoms. The zero-order chi connectivity index (χ0) is 13.7. The van der Waals surface area contributed by atoms with Gasteiger partial charge in [0.2, 0.25) is 0 Å². The Hall–Kier alpha value is -1.11. The summed E-state index contributed by atoms with van der Waals surface area (Å²) < 4.78 is 18.6. The smallest absolute Gasteiger partial charge is 0.492 e. The van der Waals surface area contributed by atoms with E-state index < -0.39 is 12.9 Å². The molecule has 1 aliphatic rings. The summed E-state index contributed by atoms with van der Waals surface area (Å²) in [7, 11) is -1.72. The number of likely N-dealkylation sites (tertiary alicyclic amines) is 1. The van der Waals surface area contributed by atoms with Crippen LogP contribution in [0.4, 0.5) is 4.39 Å². The number of halogens is 1. The number of nitrogens with zero attached hydrogens (tertiary/aromatic N) is 1. The van der Waals surface area contributed by atoms with Gasteiger partial charge in [0.1, 0.15) is 18.2 Å². The molecule has 0 unspecified atom stereocenters. The quantitative estimate of drug-likeness (QED) is 0.757. The lowest BCUT2D eigenvalue weighted by Crippen LogP contribution is -2.35. The van der Waals surface area contributed by atoms with E-state index in [2.05, 4.69) is 4.90 Å². The van der Waals surface area contributed by atoms with Crippen LogP contribution in [0.25, 0.3) is 0 Å². The van der Waals surface area contributed by atoms with E-state index in [-0.39, 0.29) is 5.46 Å². The van der Waals surface area contributed by atoms with Gasteiger partial charge in [-0.15, -0.1) is 0 Å². The van der Waals surface area contributed by atoms with Crippen molar-refractivity contribution in [2.45, 2.75) is 19.3 Å². The lowest BCUT2D eigenvalue weighted by molar-refractivity contribution is 0.183. The summed E-state index contributed by atoms with van der Waals surface area (Å²) >= 11 is 0. The van der Waals surface area contributed by atoms with E-state index in [9.17, 15) is 14.4 Å². The highest BCUT2D eigenvalue weighted by Crippen LogP contribution is 2.11. The zero-order valence-electron chi connectivity index (χ0n) is 10.9. The van der Waals surface area contributed by atoms with Gasteiger partial charge in [0.15, 0.2) is 0 Å². The zero-order valence-corrected chi connectivity index (χ0v) is 10.9. The number of rotatable bonds is 5. The highest BCUT2D eigenvalue weighted by molar-refractivity contribution is 6.59. The van der Waals surface area contributed by atoms with Gasteiger partial charge in [0.25, 0.3) is 0 Å². The minimum Gasteiger partial charge on any atom is -0.493 e. The minimum atomic E-state index is -1.72. The van der Waals surface area contributed by atoms with E-state index in [1.165, 1.54) is 31.4 Å². The Balaban J connectivity index is 1.88. The molecule has 0 aromatic heterocycles. The first kappa shape index (κ1) is 14.3. The monoisotopic (exact) mass is 267 g/mol. The summed E-state index contributed by atoms with van der Waals surface area (Å²) in [6.07, 6.45) is 3.73. The topological polar surface area (TPSA) is 52.9 Å². The molecule has 1 aliphatic heterocycles. The van der Waals surface area contributed by atoms with E-state index in [0.29, 0.717) is 12.4 Å². The number of piperidine rings is 1. The highest BCUT2D eigenvalue weighted by atomic mass is 19.1. The van der Waals surface area contributed by atoms with Crippen molar-refractivity contribution in [3.8, 4) is 5.75 Å². The molecule has 104 valence electrons. The maximum Gasteiger partial charge on any atom is 0.492 e. The van der Waals surface area contributed by atoms with Crippen molar-refractivity contribution in [2.24, 2.45) is 0 Å². The molecular weight excluding hydrogens is 248 g/mol. The fourth-order valence-electron chi connectivity index (χ4n) is 2.32. The third-order valence-electron chi connectivity index (χ3n) is 3.36. The van der Waals surface area contributed by atoms with Gasteiger partial charge in [-0.3, -0.25) is 4.90 Å². The van der Waals surface area contributed by atoms with Crippen molar-refractivity contribution in [3.63, 3.8) is 0 Å². The SMILES string of the molecule is OB(O)c1cc(F)ccc1OCCN1CCCCC1. The minimum absolute atomic E-state index is 0.0682. The predicted octanol–water partition coefficient (Wildman–Crippen LogP) is 0.370. The Kier molecular flexibility index (Phi) is 5.19. The van der Waals surface area contributed by atoms with Gasteiger partial charge in [-0.05, 0) is 44.1 Å². The molecule has 1 saturated heterocycles. The molecule has 19 heavy (non-hydrogen) atoms. The van der Waals surface area contributed by atoms with Gasteiger partial charge in [-0.25, -0.2) is 4.39 Å². The first-order valence-electron chi connectivity index (χ1n) is 6.67. The normalized spacial score (nSPS) is 16.4. The predicted molar refractivity (Wildman–Crippen MR) is 72.0 cm³/mol. The molecule has 0 radical (unpaired) electrons. The van der Waals surface area contributed by atoms with Gasteiger partial charge in [-0.1, -0.05) is 6.42 Å². The van der Waals surface area contributed by atoms with E-state index in [1.54, 1.807) is 0 Å². The van der Waals surface area contributed by atoms with E-state index >= 15 is 0 Å². The molecule has 2 rings (SSSR count). The maximum absolute atomic E-state index is 13.0. The van der Waals surface area contributed by atoms with Gasteiger partial charge in [0, 0.05) is 12.0 Å². The summed E-state index contributed by atoms with van der Waals surface area (Å²) in [5.41, 5.74) is 0.0682. The Morgan fingerprint density at radius 2 is 1.95 bits per heavy atom. The van der Waals surface area contributed by atoms with Crippen molar-refractivity contribution in [2.75, 3.05) is 26.2 Å². The van der Waals surface area contributed by atoms with Gasteiger partial charge in [-0.2, -0.15) is 0 Å². The van der Waals surface area contributed by atoms with Crippen LogP contribution in [0, 0.1) is 5.82 Å². The third kappa shape index (κ3) is 4.19. The number of hydrogen-bond acceptors (Lipinski definition) is 4. The van der Waals surface area contributed by atoms with E-state index in [1.807, 2.05) is 0 Å². The van der Waals surface area contributed by atoms with Crippen LogP contribution < -0.4 is 10.2 Å². The van der Waals surface area contributed by atoms with Crippen molar-refractivity contribution in [3.05, 3.63) is 24.0 Å². The van der Waals surface area contributed by atoms with Crippen molar-refractivity contribution >= 4 is 12.6 Å². The second-order valence-electron chi connectivity index (χ2n) is 4.81. The molecule has 0 aliphatic carbocycles. The lowest BCUT2D eigenvalue weighted by atomic mass is 9.79. The van der Waals surface area contributed by atoms with E-state index in [4.69, 9.17) is 4.74 Å². The first-order chi connectivity index (χ1) is 9.16.